The van der Waals surface area contributed by atoms with Crippen molar-refractivity contribution < 1.29 is 15.0 Å². The number of rotatable bonds is 5. The van der Waals surface area contributed by atoms with E-state index in [1.165, 1.54) is 18.4 Å². The van der Waals surface area contributed by atoms with E-state index in [4.69, 9.17) is 5.73 Å². The van der Waals surface area contributed by atoms with Crippen molar-refractivity contribution in [2.75, 3.05) is 19.7 Å². The molecule has 0 saturated heterocycles. The van der Waals surface area contributed by atoms with E-state index in [2.05, 4.69) is 46.5 Å². The monoisotopic (exact) mass is 514 g/mol. The highest BCUT2D eigenvalue weighted by Crippen LogP contribution is 2.77. The molecule has 0 heterocycles. The summed E-state index contributed by atoms with van der Waals surface area (Å²) in [5.41, 5.74) is 6.85. The fourth-order valence-electron chi connectivity index (χ4n) is 11.9. The number of hydrogen-bond donors (Lipinski definition) is 4. The van der Waals surface area contributed by atoms with E-state index in [1.807, 2.05) is 0 Å². The maximum atomic E-state index is 13.8. The molecular weight excluding hydrogens is 460 g/mol. The van der Waals surface area contributed by atoms with Gasteiger partial charge < -0.3 is 21.3 Å². The molecule has 5 rings (SSSR count). The Kier molecular flexibility index (Phi) is 6.77. The molecule has 0 aromatic heterocycles. The summed E-state index contributed by atoms with van der Waals surface area (Å²) in [6, 6.07) is 0. The lowest BCUT2D eigenvalue weighted by Gasteiger charge is -2.73. The standard InChI is InChI=1S/C32H54N2O3/c1-20(2)21-9-14-32(27(37)34-18-17-33)16-15-30(5)22(26(21)32)7-8-24-28(3)12-11-25(36)29(4,19-35)23(28)10-13-31(24,30)6/h21-26,35-36H,1,7-19,33H2,2-6H3,(H,34,37)/t21-,22?,23+,24+,25?,26+,28-,29-,30+,31+,32-/m0/s1. The van der Waals surface area contributed by atoms with E-state index in [-0.39, 0.29) is 34.2 Å². The first kappa shape index (κ1) is 27.6. The normalized spacial score (nSPS) is 52.9. The van der Waals surface area contributed by atoms with Crippen LogP contribution in [0.4, 0.5) is 0 Å². The van der Waals surface area contributed by atoms with E-state index >= 15 is 0 Å². The van der Waals surface area contributed by atoms with Gasteiger partial charge in [-0.2, -0.15) is 0 Å². The summed E-state index contributed by atoms with van der Waals surface area (Å²) in [5.74, 6) is 2.49. The predicted octanol–water partition coefficient (Wildman–Crippen LogP) is 5.05. The summed E-state index contributed by atoms with van der Waals surface area (Å²) in [7, 11) is 0. The lowest BCUT2D eigenvalue weighted by Crippen LogP contribution is -2.68. The molecule has 1 amide bonds. The summed E-state index contributed by atoms with van der Waals surface area (Å²) in [6.45, 7) is 17.6. The SMILES string of the molecule is C=C(C)[C@@H]1CC[C@]2(C(=O)NCCN)CC[C@]3(C)C(CC[C@@H]4[C@@]5(C)CCC(O)[C@@](C)(CO)[C@@H]5CC[C@]43C)[C@@H]12. The third-order valence-corrected chi connectivity index (χ3v) is 14.1. The van der Waals surface area contributed by atoms with Gasteiger partial charge in [0.25, 0.3) is 0 Å². The van der Waals surface area contributed by atoms with Gasteiger partial charge in [0.2, 0.25) is 5.91 Å². The van der Waals surface area contributed by atoms with Crippen LogP contribution in [0.15, 0.2) is 12.2 Å². The van der Waals surface area contributed by atoms with Crippen LogP contribution >= 0.6 is 0 Å². The third-order valence-electron chi connectivity index (χ3n) is 14.1. The zero-order valence-corrected chi connectivity index (χ0v) is 24.2. The Morgan fingerprint density at radius 1 is 0.946 bits per heavy atom. The molecule has 0 aliphatic heterocycles. The van der Waals surface area contributed by atoms with Gasteiger partial charge in [-0.15, -0.1) is 0 Å². The van der Waals surface area contributed by atoms with Gasteiger partial charge in [-0.05, 0) is 117 Å². The fourth-order valence-corrected chi connectivity index (χ4v) is 11.9. The molecule has 5 fully saturated rings. The summed E-state index contributed by atoms with van der Waals surface area (Å²) in [4.78, 5) is 13.8. The van der Waals surface area contributed by atoms with Crippen LogP contribution in [0.3, 0.4) is 0 Å². The van der Waals surface area contributed by atoms with Crippen LogP contribution in [0.25, 0.3) is 0 Å². The van der Waals surface area contributed by atoms with Crippen molar-refractivity contribution in [1.82, 2.24) is 5.32 Å². The van der Waals surface area contributed by atoms with E-state index in [0.29, 0.717) is 42.7 Å². The van der Waals surface area contributed by atoms with Gasteiger partial charge in [0.15, 0.2) is 0 Å². The van der Waals surface area contributed by atoms with Crippen molar-refractivity contribution in [3.05, 3.63) is 12.2 Å². The molecule has 0 aromatic rings. The average molecular weight is 515 g/mol. The van der Waals surface area contributed by atoms with Crippen molar-refractivity contribution in [1.29, 1.82) is 0 Å². The Morgan fingerprint density at radius 2 is 1.68 bits per heavy atom. The zero-order chi connectivity index (χ0) is 27.0. The van der Waals surface area contributed by atoms with Crippen LogP contribution in [0.5, 0.6) is 0 Å². The topological polar surface area (TPSA) is 95.6 Å². The molecule has 5 heteroatoms. The lowest BCUT2D eigenvalue weighted by molar-refractivity contribution is -0.252. The second-order valence-corrected chi connectivity index (χ2v) is 15.1. The van der Waals surface area contributed by atoms with Gasteiger partial charge in [-0.3, -0.25) is 4.79 Å². The molecular formula is C32H54N2O3. The summed E-state index contributed by atoms with van der Waals surface area (Å²) in [6.07, 6.45) is 10.2. The minimum atomic E-state index is -0.413. The van der Waals surface area contributed by atoms with Crippen molar-refractivity contribution >= 4 is 5.91 Å². The van der Waals surface area contributed by atoms with Crippen molar-refractivity contribution in [3.63, 3.8) is 0 Å². The number of nitrogens with one attached hydrogen (secondary N) is 1. The summed E-state index contributed by atoms with van der Waals surface area (Å²) < 4.78 is 0. The Hall–Kier alpha value is -0.910. The van der Waals surface area contributed by atoms with Crippen LogP contribution in [0.2, 0.25) is 0 Å². The second-order valence-electron chi connectivity index (χ2n) is 15.1. The molecule has 0 aromatic carbocycles. The Bertz CT molecular complexity index is 937. The second kappa shape index (κ2) is 9.06. The summed E-state index contributed by atoms with van der Waals surface area (Å²) >= 11 is 0. The van der Waals surface area contributed by atoms with Crippen molar-refractivity contribution in [2.24, 2.45) is 62.4 Å². The molecule has 2 unspecified atom stereocenters. The minimum absolute atomic E-state index is 0.0700. The van der Waals surface area contributed by atoms with Crippen LogP contribution in [-0.4, -0.2) is 41.9 Å². The number of allylic oxidation sites excluding steroid dienone is 1. The van der Waals surface area contributed by atoms with Crippen molar-refractivity contribution in [3.8, 4) is 0 Å². The van der Waals surface area contributed by atoms with Gasteiger partial charge in [0, 0.05) is 18.5 Å². The average Bonchev–Trinajstić information content (AvgIpc) is 3.27. The minimum Gasteiger partial charge on any atom is -0.396 e. The molecule has 0 radical (unpaired) electrons. The fraction of sp³-hybridized carbons (Fsp3) is 0.906. The van der Waals surface area contributed by atoms with Gasteiger partial charge in [-0.1, -0.05) is 39.8 Å². The van der Waals surface area contributed by atoms with E-state index in [9.17, 15) is 15.0 Å². The van der Waals surface area contributed by atoms with Crippen LogP contribution < -0.4 is 11.1 Å². The Labute approximate surface area is 225 Å². The first-order valence-electron chi connectivity index (χ1n) is 15.3. The van der Waals surface area contributed by atoms with Gasteiger partial charge >= 0.3 is 0 Å². The largest absolute Gasteiger partial charge is 0.396 e. The molecule has 5 aliphatic rings. The highest BCUT2D eigenvalue weighted by molar-refractivity contribution is 5.84. The van der Waals surface area contributed by atoms with Gasteiger partial charge in [0.05, 0.1) is 18.1 Å². The molecule has 37 heavy (non-hydrogen) atoms. The lowest BCUT2D eigenvalue weighted by atomic mass is 9.32. The predicted molar refractivity (Wildman–Crippen MR) is 148 cm³/mol. The number of nitrogens with two attached hydrogens (primary N) is 1. The van der Waals surface area contributed by atoms with Crippen molar-refractivity contribution in [2.45, 2.75) is 105 Å². The molecule has 11 atom stereocenters. The Balaban J connectivity index is 1.54. The number of fused-ring (bicyclic) bond motifs is 7. The number of carbonyl (C=O) groups excluding carboxylic acids is 1. The molecule has 5 nitrogen and oxygen atoms in total. The molecule has 0 spiro atoms. The third kappa shape index (κ3) is 3.48. The smallest absolute Gasteiger partial charge is 0.226 e. The van der Waals surface area contributed by atoms with E-state index < -0.39 is 11.5 Å². The molecule has 5 N–H and O–H groups in total. The molecule has 0 bridgehead atoms. The van der Waals surface area contributed by atoms with Crippen LogP contribution in [0.1, 0.15) is 98.8 Å². The molecule has 210 valence electrons. The number of hydrogen-bond acceptors (Lipinski definition) is 4. The molecule has 5 saturated carbocycles. The first-order chi connectivity index (χ1) is 17.4. The van der Waals surface area contributed by atoms with Gasteiger partial charge in [0.1, 0.15) is 0 Å². The Morgan fingerprint density at radius 3 is 2.32 bits per heavy atom. The quantitative estimate of drug-likeness (QED) is 0.386. The van der Waals surface area contributed by atoms with Crippen LogP contribution in [-0.2, 0) is 4.79 Å². The maximum Gasteiger partial charge on any atom is 0.226 e. The maximum absolute atomic E-state index is 13.8. The molecule has 5 aliphatic carbocycles. The van der Waals surface area contributed by atoms with E-state index in [1.54, 1.807) is 0 Å². The van der Waals surface area contributed by atoms with Gasteiger partial charge in [-0.25, -0.2) is 0 Å². The zero-order valence-electron chi connectivity index (χ0n) is 24.2. The number of aliphatic hydroxyl groups is 2. The highest BCUT2D eigenvalue weighted by atomic mass is 16.3. The highest BCUT2D eigenvalue weighted by Gasteiger charge is 2.72. The number of carbonyl (C=O) groups is 1. The summed E-state index contributed by atoms with van der Waals surface area (Å²) in [5, 5.41) is 24.7. The number of amides is 1. The number of aliphatic hydroxyl groups excluding tert-OH is 2. The van der Waals surface area contributed by atoms with Crippen LogP contribution in [0, 0.1) is 56.7 Å². The van der Waals surface area contributed by atoms with E-state index in [0.717, 1.165) is 51.4 Å². The first-order valence-corrected chi connectivity index (χ1v) is 15.3.